The second-order valence-electron chi connectivity index (χ2n) is 6.79. The molecule has 0 heterocycles. The standard InChI is InChI=1S/2C11H9N.C6H8N2O6.2H2O/c2*1-2-3-4-10-5-7-11(9-12)8-6-10;9-3(10)1-7-5(13)6(14)8-2-4(11)12;;/h2*1,5-8H,9,12H2;1-2H2,(H,7,13)(H,8,14)(H,9,10)(H,11,12);2*1H2. The van der Waals surface area contributed by atoms with Crippen LogP contribution in [0.4, 0.5) is 0 Å². The summed E-state index contributed by atoms with van der Waals surface area (Å²) in [6.45, 7) is -0.0269. The molecule has 2 aromatic carbocycles. The number of terminal acetylenes is 2. The highest BCUT2D eigenvalue weighted by atomic mass is 16.4. The van der Waals surface area contributed by atoms with Gasteiger partial charge in [-0.05, 0) is 47.9 Å². The smallest absolute Gasteiger partial charge is 0.309 e. The van der Waals surface area contributed by atoms with Crippen LogP contribution in [0, 0.1) is 48.4 Å². The second-order valence-corrected chi connectivity index (χ2v) is 6.79. The molecule has 0 saturated carbocycles. The molecule has 0 aliphatic rings. The number of quaternary nitrogens is 2. The van der Waals surface area contributed by atoms with Gasteiger partial charge < -0.3 is 52.9 Å². The third-order valence-corrected chi connectivity index (χ3v) is 4.04. The van der Waals surface area contributed by atoms with Gasteiger partial charge >= 0.3 is 11.8 Å². The molecule has 12 heteroatoms. The molecular formula is C28H30N4O8. The van der Waals surface area contributed by atoms with E-state index in [1.54, 1.807) is 10.6 Å². The normalized spacial score (nSPS) is 7.90. The van der Waals surface area contributed by atoms with Gasteiger partial charge in [-0.25, -0.2) is 0 Å². The lowest BCUT2D eigenvalue weighted by Gasteiger charge is -2.06. The summed E-state index contributed by atoms with van der Waals surface area (Å²) in [5.74, 6) is 9.71. The number of carboxylic acids is 2. The summed E-state index contributed by atoms with van der Waals surface area (Å²) in [6.07, 6.45) is 10.00. The summed E-state index contributed by atoms with van der Waals surface area (Å²) in [6, 6.07) is 15.8. The Labute approximate surface area is 231 Å². The largest absolute Gasteiger partial charge is 0.548 e. The molecule has 0 bridgehead atoms. The van der Waals surface area contributed by atoms with Crippen LogP contribution in [0.3, 0.4) is 0 Å². The first-order valence-electron chi connectivity index (χ1n) is 10.8. The fourth-order valence-electron chi connectivity index (χ4n) is 2.19. The number of rotatable bonds is 6. The van der Waals surface area contributed by atoms with E-state index < -0.39 is 36.8 Å². The molecule has 0 aliphatic heterocycles. The molecule has 12 nitrogen and oxygen atoms in total. The topological polar surface area (TPSA) is 257 Å². The lowest BCUT2D eigenvalue weighted by atomic mass is 10.1. The summed E-state index contributed by atoms with van der Waals surface area (Å²) in [4.78, 5) is 40.9. The first-order chi connectivity index (χ1) is 18.2. The van der Waals surface area contributed by atoms with E-state index in [2.05, 4.69) is 47.0 Å². The van der Waals surface area contributed by atoms with Crippen LogP contribution in [0.15, 0.2) is 48.5 Å². The summed E-state index contributed by atoms with van der Waals surface area (Å²) in [7, 11) is 0. The number of aliphatic carboxylic acids is 2. The zero-order valence-electron chi connectivity index (χ0n) is 21.5. The van der Waals surface area contributed by atoms with E-state index in [1.807, 2.05) is 48.5 Å². The van der Waals surface area contributed by atoms with Crippen molar-refractivity contribution in [3.05, 3.63) is 70.8 Å². The van der Waals surface area contributed by atoms with Crippen LogP contribution in [0.5, 0.6) is 0 Å². The van der Waals surface area contributed by atoms with E-state index in [9.17, 15) is 29.4 Å². The van der Waals surface area contributed by atoms with Crippen molar-refractivity contribution in [2.24, 2.45) is 0 Å². The summed E-state index contributed by atoms with van der Waals surface area (Å²) >= 11 is 0. The molecule has 0 aliphatic carbocycles. The molecule has 2 amide bonds. The Hall–Kier alpha value is -5.60. The fraction of sp³-hybridized carbons (Fsp3) is 0.143. The SMILES string of the molecule is C#CC#Cc1ccc(C[NH3+])cc1.C#CC#Cc1ccc(C[NH3+])cc1.O.O.O=C([O-])CNC(=O)C(=O)NCC(=O)[O-]. The number of nitrogens with one attached hydrogen (secondary N) is 2. The van der Waals surface area contributed by atoms with Crippen molar-refractivity contribution in [1.82, 2.24) is 10.6 Å². The molecule has 12 N–H and O–H groups in total. The molecular weight excluding hydrogens is 520 g/mol. The van der Waals surface area contributed by atoms with Crippen molar-refractivity contribution in [3.8, 4) is 48.4 Å². The summed E-state index contributed by atoms with van der Waals surface area (Å²) < 4.78 is 0. The van der Waals surface area contributed by atoms with Crippen molar-refractivity contribution >= 4 is 23.8 Å². The number of amides is 2. The van der Waals surface area contributed by atoms with E-state index in [0.717, 1.165) is 24.2 Å². The van der Waals surface area contributed by atoms with Crippen LogP contribution in [-0.4, -0.2) is 47.8 Å². The zero-order valence-corrected chi connectivity index (χ0v) is 21.5. The maximum absolute atomic E-state index is 10.6. The van der Waals surface area contributed by atoms with E-state index in [1.165, 1.54) is 11.1 Å². The van der Waals surface area contributed by atoms with Crippen molar-refractivity contribution in [2.75, 3.05) is 13.1 Å². The van der Waals surface area contributed by atoms with E-state index in [0.29, 0.717) is 0 Å². The summed E-state index contributed by atoms with van der Waals surface area (Å²) in [5, 5.41) is 23.0. The van der Waals surface area contributed by atoms with E-state index in [-0.39, 0.29) is 11.0 Å². The van der Waals surface area contributed by atoms with Crippen LogP contribution in [0.1, 0.15) is 22.3 Å². The number of carbonyl (C=O) groups is 4. The van der Waals surface area contributed by atoms with Gasteiger partial charge in [0.2, 0.25) is 0 Å². The molecule has 2 aromatic rings. The average molecular weight is 551 g/mol. The molecule has 0 saturated heterocycles. The predicted molar refractivity (Wildman–Crippen MR) is 141 cm³/mol. The number of carbonyl (C=O) groups excluding carboxylic acids is 4. The molecule has 0 fully saturated rings. The van der Waals surface area contributed by atoms with Gasteiger partial charge in [-0.2, -0.15) is 0 Å². The molecule has 210 valence electrons. The number of hydrogen-bond acceptors (Lipinski definition) is 6. The van der Waals surface area contributed by atoms with Crippen LogP contribution in [-0.2, 0) is 32.3 Å². The monoisotopic (exact) mass is 550 g/mol. The Bertz CT molecular complexity index is 1200. The molecule has 0 atom stereocenters. The number of benzene rings is 2. The van der Waals surface area contributed by atoms with Crippen LogP contribution >= 0.6 is 0 Å². The molecule has 0 radical (unpaired) electrons. The van der Waals surface area contributed by atoms with Crippen LogP contribution < -0.4 is 32.3 Å². The van der Waals surface area contributed by atoms with Crippen molar-refractivity contribution < 1.29 is 51.8 Å². The molecule has 40 heavy (non-hydrogen) atoms. The highest BCUT2D eigenvalue weighted by molar-refractivity contribution is 6.35. The predicted octanol–water partition coefficient (Wildman–Crippen LogP) is -6.10. The van der Waals surface area contributed by atoms with Crippen LogP contribution in [0.25, 0.3) is 0 Å². The minimum atomic E-state index is -1.56. The molecule has 2 rings (SSSR count). The van der Waals surface area contributed by atoms with Gasteiger partial charge in [-0.3, -0.25) is 9.59 Å². The van der Waals surface area contributed by atoms with Gasteiger partial charge in [0.15, 0.2) is 0 Å². The zero-order chi connectivity index (χ0) is 28.8. The highest BCUT2D eigenvalue weighted by Crippen LogP contribution is 2.01. The van der Waals surface area contributed by atoms with E-state index >= 15 is 0 Å². The van der Waals surface area contributed by atoms with Gasteiger partial charge in [0.25, 0.3) is 0 Å². The highest BCUT2D eigenvalue weighted by Gasteiger charge is 2.11. The Morgan fingerprint density at radius 3 is 1.18 bits per heavy atom. The van der Waals surface area contributed by atoms with Gasteiger partial charge in [-0.1, -0.05) is 36.1 Å². The fourth-order valence-corrected chi connectivity index (χ4v) is 2.19. The Morgan fingerprint density at radius 2 is 0.950 bits per heavy atom. The number of hydrogen-bond donors (Lipinski definition) is 4. The van der Waals surface area contributed by atoms with Gasteiger partial charge in [0, 0.05) is 22.3 Å². The van der Waals surface area contributed by atoms with Crippen LogP contribution in [0.2, 0.25) is 0 Å². The Balaban J connectivity index is -0.000000502. The third-order valence-electron chi connectivity index (χ3n) is 4.04. The Morgan fingerprint density at radius 1 is 0.650 bits per heavy atom. The van der Waals surface area contributed by atoms with Gasteiger partial charge in [0.1, 0.15) is 0 Å². The minimum absolute atomic E-state index is 0. The average Bonchev–Trinajstić information content (AvgIpc) is 2.93. The molecule has 0 spiro atoms. The maximum atomic E-state index is 10.6. The molecule has 0 unspecified atom stereocenters. The second kappa shape index (κ2) is 23.8. The first-order valence-corrected chi connectivity index (χ1v) is 10.8. The first kappa shape index (κ1) is 38.9. The Kier molecular flexibility index (Phi) is 23.1. The van der Waals surface area contributed by atoms with E-state index in [4.69, 9.17) is 12.8 Å². The lowest BCUT2D eigenvalue weighted by Crippen LogP contribution is -2.47. The quantitative estimate of drug-likeness (QED) is 0.201. The maximum Gasteiger partial charge on any atom is 0.309 e. The summed E-state index contributed by atoms with van der Waals surface area (Å²) in [5.41, 5.74) is 11.9. The van der Waals surface area contributed by atoms with Crippen molar-refractivity contribution in [1.29, 1.82) is 0 Å². The number of carboxylic acid groups (broad SMARTS) is 2. The minimum Gasteiger partial charge on any atom is -0.548 e. The van der Waals surface area contributed by atoms with Gasteiger partial charge in [0.05, 0.1) is 38.1 Å². The molecule has 0 aromatic heterocycles. The van der Waals surface area contributed by atoms with Crippen molar-refractivity contribution in [3.63, 3.8) is 0 Å². The van der Waals surface area contributed by atoms with Gasteiger partial charge in [-0.15, -0.1) is 12.8 Å². The van der Waals surface area contributed by atoms with Crippen molar-refractivity contribution in [2.45, 2.75) is 13.1 Å². The lowest BCUT2D eigenvalue weighted by molar-refractivity contribution is -0.386. The third kappa shape index (κ3) is 19.6.